The Morgan fingerprint density at radius 3 is 1.72 bits per heavy atom. The number of Topliss-reactive ketones (excluding diaryl/α,β-unsaturated/α-hetero) is 1. The summed E-state index contributed by atoms with van der Waals surface area (Å²) in [5.74, 6) is 0.491. The number of para-hydroxylation sites is 3. The third kappa shape index (κ3) is 12.2. The molecule has 0 spiro atoms. The summed E-state index contributed by atoms with van der Waals surface area (Å²) < 4.78 is 36.5. The van der Waals surface area contributed by atoms with Crippen molar-refractivity contribution in [3.05, 3.63) is 181 Å². The Morgan fingerprint density at radius 2 is 1.21 bits per heavy atom. The van der Waals surface area contributed by atoms with E-state index in [1.165, 1.54) is 0 Å². The number of nitrogens with one attached hydrogen (secondary N) is 1. The van der Waals surface area contributed by atoms with E-state index in [0.29, 0.717) is 28.4 Å². The van der Waals surface area contributed by atoms with Crippen molar-refractivity contribution in [2.24, 2.45) is 0 Å². The molecule has 2 heterocycles. The van der Waals surface area contributed by atoms with Gasteiger partial charge in [0.15, 0.2) is 11.6 Å². The fourth-order valence-corrected chi connectivity index (χ4v) is 6.72. The van der Waals surface area contributed by atoms with Gasteiger partial charge in [0.2, 0.25) is 0 Å². The summed E-state index contributed by atoms with van der Waals surface area (Å²) in [6.45, 7) is 5.30. The smallest absolute Gasteiger partial charge is 0.428 e. The van der Waals surface area contributed by atoms with Crippen LogP contribution in [0.1, 0.15) is 48.0 Å². The highest BCUT2D eigenvalue weighted by Gasteiger charge is 2.41. The van der Waals surface area contributed by atoms with Crippen molar-refractivity contribution in [2.75, 3.05) is 5.32 Å². The molecule has 0 aliphatic carbocycles. The number of rotatable bonds is 12. The maximum absolute atomic E-state index is 14.3. The van der Waals surface area contributed by atoms with Crippen molar-refractivity contribution in [1.82, 2.24) is 9.97 Å². The number of nitrogens with zero attached hydrogens (tertiary/aromatic N) is 2. The third-order valence-electron chi connectivity index (χ3n) is 7.21. The van der Waals surface area contributed by atoms with Gasteiger partial charge in [-0.2, -0.15) is 0 Å². The minimum absolute atomic E-state index is 0.0149. The van der Waals surface area contributed by atoms with Gasteiger partial charge in [0, 0.05) is 48.0 Å². The fourth-order valence-electron chi connectivity index (χ4n) is 4.81. The van der Waals surface area contributed by atoms with Crippen molar-refractivity contribution in [3.63, 3.8) is 0 Å². The van der Waals surface area contributed by atoms with Crippen molar-refractivity contribution < 1.29 is 32.7 Å². The first-order chi connectivity index (χ1) is 25.6. The number of hydrogen-bond donors (Lipinski definition) is 1. The molecule has 0 saturated heterocycles. The van der Waals surface area contributed by atoms with Crippen LogP contribution in [0.25, 0.3) is 0 Å². The zero-order valence-electron chi connectivity index (χ0n) is 29.6. The van der Waals surface area contributed by atoms with Crippen molar-refractivity contribution >= 4 is 25.2 Å². The van der Waals surface area contributed by atoms with Crippen LogP contribution in [0.5, 0.6) is 17.2 Å². The van der Waals surface area contributed by atoms with Gasteiger partial charge in [-0.15, -0.1) is 0 Å². The molecule has 0 aliphatic rings. The van der Waals surface area contributed by atoms with E-state index in [-0.39, 0.29) is 12.2 Å². The molecule has 53 heavy (non-hydrogen) atoms. The average molecular weight is 730 g/mol. The second kappa shape index (κ2) is 18.3. The van der Waals surface area contributed by atoms with Crippen LogP contribution in [0.15, 0.2) is 164 Å². The molecule has 6 aromatic rings. The van der Waals surface area contributed by atoms with E-state index in [0.717, 1.165) is 11.3 Å². The topological polar surface area (TPSA) is 126 Å². The molecule has 4 aromatic carbocycles. The highest BCUT2D eigenvalue weighted by Crippen LogP contribution is 2.60. The maximum atomic E-state index is 14.3. The lowest BCUT2D eigenvalue weighted by atomic mass is 10.0. The molecule has 0 aliphatic heterocycles. The van der Waals surface area contributed by atoms with Crippen LogP contribution < -0.4 is 19.1 Å². The lowest BCUT2D eigenvalue weighted by Crippen LogP contribution is -2.25. The van der Waals surface area contributed by atoms with Gasteiger partial charge in [-0.05, 0) is 93.1 Å². The lowest BCUT2D eigenvalue weighted by molar-refractivity contribution is 0.0206. The average Bonchev–Trinajstić information content (AvgIpc) is 3.16. The molecule has 0 amide bonds. The summed E-state index contributed by atoms with van der Waals surface area (Å²) in [6, 6.07) is 41.5. The van der Waals surface area contributed by atoms with Crippen molar-refractivity contribution in [2.45, 2.75) is 38.6 Å². The number of hydrogen-bond acceptors (Lipinski definition) is 10. The first kappa shape index (κ1) is 38.0. The van der Waals surface area contributed by atoms with E-state index in [1.807, 2.05) is 72.8 Å². The van der Waals surface area contributed by atoms with Crippen LogP contribution in [0.2, 0.25) is 0 Å². The van der Waals surface area contributed by atoms with E-state index in [9.17, 15) is 14.2 Å². The van der Waals surface area contributed by atoms with Gasteiger partial charge >= 0.3 is 13.8 Å². The highest BCUT2D eigenvalue weighted by molar-refractivity contribution is 7.55. The van der Waals surface area contributed by atoms with Gasteiger partial charge in [-0.1, -0.05) is 72.8 Å². The molecule has 1 unspecified atom stereocenters. The largest absolute Gasteiger partial charge is 0.514 e. The number of anilines is 1. The zero-order valence-corrected chi connectivity index (χ0v) is 30.5. The van der Waals surface area contributed by atoms with Crippen molar-refractivity contribution in [3.8, 4) is 17.2 Å². The number of carbonyl (C=O) groups excluding carboxylic acids is 2. The molecule has 11 heteroatoms. The van der Waals surface area contributed by atoms with Gasteiger partial charge in [0.1, 0.15) is 22.8 Å². The summed E-state index contributed by atoms with van der Waals surface area (Å²) in [4.78, 5) is 31.8. The molecule has 270 valence electrons. The summed E-state index contributed by atoms with van der Waals surface area (Å²) in [5, 5.41) is 3.32. The van der Waals surface area contributed by atoms with Gasteiger partial charge < -0.3 is 23.8 Å². The Balaban J connectivity index is 0.000000212. The molecule has 1 N–H and O–H groups in total. The molecular weight excluding hydrogens is 689 g/mol. The molecule has 10 nitrogen and oxygen atoms in total. The van der Waals surface area contributed by atoms with Crippen LogP contribution >= 0.6 is 7.60 Å². The normalized spacial score (nSPS) is 11.5. The first-order valence-electron chi connectivity index (χ1n) is 16.8. The van der Waals surface area contributed by atoms with Crippen LogP contribution in [-0.2, 0) is 15.7 Å². The summed E-state index contributed by atoms with van der Waals surface area (Å²) >= 11 is 0. The SMILES string of the molecule is CC(C)(C)OC(=O)Oc1ccc(CC(=O)c2cccnc2)cc1.O=P(Oc1ccccc1)(Oc1ccccc1)C(Nc1ccccc1)c1cccnc1. The Hall–Kier alpha value is -6.25. The zero-order chi connectivity index (χ0) is 37.5. The summed E-state index contributed by atoms with van der Waals surface area (Å²) in [7, 11) is -3.81. The number of aromatic nitrogens is 2. The van der Waals surface area contributed by atoms with Crippen molar-refractivity contribution in [1.29, 1.82) is 0 Å². The van der Waals surface area contributed by atoms with Crippen LogP contribution in [0.4, 0.5) is 10.5 Å². The fraction of sp³-hybridized carbons (Fsp3) is 0.143. The molecule has 0 bridgehead atoms. The van der Waals surface area contributed by atoms with Crippen LogP contribution in [0, 0.1) is 0 Å². The highest BCUT2D eigenvalue weighted by atomic mass is 31.2. The number of carbonyl (C=O) groups is 2. The Bertz CT molecular complexity index is 2020. The minimum Gasteiger partial charge on any atom is -0.428 e. The first-order valence-corrected chi connectivity index (χ1v) is 18.4. The van der Waals surface area contributed by atoms with Gasteiger partial charge in [-0.25, -0.2) is 9.36 Å². The molecule has 0 fully saturated rings. The molecule has 0 radical (unpaired) electrons. The second-order valence-electron chi connectivity index (χ2n) is 12.6. The Kier molecular flexibility index (Phi) is 13.1. The summed E-state index contributed by atoms with van der Waals surface area (Å²) in [5.41, 5.74) is 2.28. The molecule has 6 rings (SSSR count). The van der Waals surface area contributed by atoms with Crippen LogP contribution in [0.3, 0.4) is 0 Å². The second-order valence-corrected chi connectivity index (χ2v) is 14.6. The summed E-state index contributed by atoms with van der Waals surface area (Å²) in [6.07, 6.45) is 6.01. The number of ether oxygens (including phenoxy) is 2. The van der Waals surface area contributed by atoms with E-state index in [4.69, 9.17) is 18.5 Å². The van der Waals surface area contributed by atoms with Gasteiger partial charge in [0.25, 0.3) is 0 Å². The van der Waals surface area contributed by atoms with E-state index >= 15 is 0 Å². The molecule has 1 atom stereocenters. The van der Waals surface area contributed by atoms with E-state index < -0.39 is 25.1 Å². The number of benzene rings is 4. The predicted octanol–water partition coefficient (Wildman–Crippen LogP) is 10.4. The van der Waals surface area contributed by atoms with Crippen LogP contribution in [-0.4, -0.2) is 27.5 Å². The van der Waals surface area contributed by atoms with E-state index in [1.54, 1.807) is 112 Å². The third-order valence-corrected chi connectivity index (χ3v) is 9.20. The molecule has 0 saturated carbocycles. The van der Waals surface area contributed by atoms with Gasteiger partial charge in [0.05, 0.1) is 0 Å². The Morgan fingerprint density at radius 1 is 0.660 bits per heavy atom. The quantitative estimate of drug-likeness (QED) is 0.0563. The van der Waals surface area contributed by atoms with Gasteiger partial charge in [-0.3, -0.25) is 14.8 Å². The standard InChI is InChI=1S/C24H21N2O3P.C18H19NO4/c27-30(28-22-14-6-2-7-15-22,29-23-16-8-3-9-17-23)24(20-11-10-18-25-19-20)26-21-12-4-1-5-13-21;1-18(2,3)23-17(21)22-15-8-6-13(7-9-15)11-16(20)14-5-4-10-19-12-14/h1-19,24,26H;4-10,12H,11H2,1-3H3. The maximum Gasteiger partial charge on any atom is 0.514 e. The number of ketones is 1. The Labute approximate surface area is 309 Å². The molecular formula is C42H40N3O7P. The predicted molar refractivity (Wildman–Crippen MR) is 204 cm³/mol. The number of pyridine rings is 2. The minimum atomic E-state index is -3.81. The van der Waals surface area contributed by atoms with E-state index in [2.05, 4.69) is 15.3 Å². The molecule has 2 aromatic heterocycles. The monoisotopic (exact) mass is 729 g/mol. The lowest BCUT2D eigenvalue weighted by Gasteiger charge is -2.29.